The normalized spacial score (nSPS) is 12.7. The van der Waals surface area contributed by atoms with Crippen molar-refractivity contribution in [1.82, 2.24) is 15.1 Å². The Morgan fingerprint density at radius 3 is 2.74 bits per heavy atom. The average molecular weight is 307 g/mol. The van der Waals surface area contributed by atoms with E-state index >= 15 is 0 Å². The molecule has 1 aliphatic rings. The van der Waals surface area contributed by atoms with Crippen LogP contribution in [0.15, 0.2) is 36.4 Å². The number of ketones is 1. The third-order valence-corrected chi connectivity index (χ3v) is 4.14. The van der Waals surface area contributed by atoms with Crippen LogP contribution in [0.4, 0.5) is 0 Å². The smallest absolute Gasteiger partial charge is 0.198 e. The molecule has 116 valence electrons. The summed E-state index contributed by atoms with van der Waals surface area (Å²) < 4.78 is 5.87. The molecule has 0 amide bonds. The molecule has 1 aromatic heterocycles. The van der Waals surface area contributed by atoms with Crippen molar-refractivity contribution in [2.75, 3.05) is 27.2 Å². The number of carbonyl (C=O) groups excluding carboxylic acids is 1. The Bertz CT molecular complexity index is 912. The zero-order valence-corrected chi connectivity index (χ0v) is 13.1. The first-order valence-corrected chi connectivity index (χ1v) is 7.59. The second-order valence-corrected chi connectivity index (χ2v) is 5.96. The van der Waals surface area contributed by atoms with Gasteiger partial charge in [-0.15, -0.1) is 0 Å². The Labute approximate surface area is 133 Å². The molecule has 1 N–H and O–H groups in total. The Balaban J connectivity index is 1.85. The highest BCUT2D eigenvalue weighted by atomic mass is 16.5. The maximum absolute atomic E-state index is 13.0. The molecule has 1 aliphatic carbocycles. The van der Waals surface area contributed by atoms with Crippen molar-refractivity contribution in [1.29, 1.82) is 0 Å². The van der Waals surface area contributed by atoms with Crippen molar-refractivity contribution in [3.63, 3.8) is 0 Å². The first-order chi connectivity index (χ1) is 11.2. The monoisotopic (exact) mass is 307 g/mol. The lowest BCUT2D eigenvalue weighted by molar-refractivity contribution is 0.103. The molecule has 23 heavy (non-hydrogen) atoms. The summed E-state index contributed by atoms with van der Waals surface area (Å²) >= 11 is 0. The molecule has 3 aromatic rings. The highest BCUT2D eigenvalue weighted by Gasteiger charge is 2.30. The number of H-pyrrole nitrogens is 1. The Morgan fingerprint density at radius 2 is 1.91 bits per heavy atom. The largest absolute Gasteiger partial charge is 0.491 e. The van der Waals surface area contributed by atoms with Gasteiger partial charge in [-0.25, -0.2) is 0 Å². The number of hydrogen-bond donors (Lipinski definition) is 1. The zero-order valence-electron chi connectivity index (χ0n) is 13.1. The van der Waals surface area contributed by atoms with Crippen molar-refractivity contribution in [3.8, 4) is 17.0 Å². The number of likely N-dealkylation sites (N-methyl/N-ethyl adjacent to an activating group) is 1. The molecule has 5 nitrogen and oxygen atoms in total. The summed E-state index contributed by atoms with van der Waals surface area (Å²) in [6.45, 7) is 1.33. The van der Waals surface area contributed by atoms with Crippen LogP contribution >= 0.6 is 0 Å². The van der Waals surface area contributed by atoms with E-state index in [1.54, 1.807) is 0 Å². The number of rotatable bonds is 4. The minimum absolute atomic E-state index is 0.0000435. The van der Waals surface area contributed by atoms with Gasteiger partial charge in [-0.2, -0.15) is 5.10 Å². The highest BCUT2D eigenvalue weighted by Crippen LogP contribution is 2.41. The molecule has 5 heteroatoms. The van der Waals surface area contributed by atoms with Crippen molar-refractivity contribution in [3.05, 3.63) is 47.5 Å². The van der Waals surface area contributed by atoms with E-state index in [2.05, 4.69) is 10.2 Å². The summed E-state index contributed by atoms with van der Waals surface area (Å²) in [5.74, 6) is 0.625. The lowest BCUT2D eigenvalue weighted by Crippen LogP contribution is -2.20. The Morgan fingerprint density at radius 1 is 1.13 bits per heavy atom. The van der Waals surface area contributed by atoms with Crippen LogP contribution in [0.5, 0.6) is 5.75 Å². The summed E-state index contributed by atoms with van der Waals surface area (Å²) in [5, 5.41) is 8.32. The minimum atomic E-state index is -0.0000435. The van der Waals surface area contributed by atoms with E-state index in [0.717, 1.165) is 28.7 Å². The molecule has 0 atom stereocenters. The molecule has 0 spiro atoms. The van der Waals surface area contributed by atoms with Crippen LogP contribution in [0.3, 0.4) is 0 Å². The topological polar surface area (TPSA) is 58.2 Å². The lowest BCUT2D eigenvalue weighted by atomic mass is 9.87. The number of hydrogen-bond acceptors (Lipinski definition) is 4. The second kappa shape index (κ2) is 5.21. The van der Waals surface area contributed by atoms with E-state index < -0.39 is 0 Å². The van der Waals surface area contributed by atoms with Gasteiger partial charge in [0.25, 0.3) is 0 Å². The molecule has 0 fully saturated rings. The molecule has 0 unspecified atom stereocenters. The van der Waals surface area contributed by atoms with Crippen LogP contribution in [0.2, 0.25) is 0 Å². The van der Waals surface area contributed by atoms with Gasteiger partial charge in [-0.1, -0.05) is 24.3 Å². The number of nitrogens with one attached hydrogen (secondary N) is 1. The molecule has 4 rings (SSSR count). The van der Waals surface area contributed by atoms with Gasteiger partial charge in [0, 0.05) is 23.1 Å². The molecule has 0 saturated heterocycles. The third-order valence-electron chi connectivity index (χ3n) is 4.14. The fourth-order valence-corrected chi connectivity index (χ4v) is 3.01. The molecule has 1 heterocycles. The minimum Gasteiger partial charge on any atom is -0.491 e. The van der Waals surface area contributed by atoms with Crippen molar-refractivity contribution in [2.45, 2.75) is 0 Å². The van der Waals surface area contributed by atoms with Gasteiger partial charge in [-0.3, -0.25) is 9.89 Å². The van der Waals surface area contributed by atoms with Crippen molar-refractivity contribution in [2.24, 2.45) is 0 Å². The lowest BCUT2D eigenvalue weighted by Gasteiger charge is -2.19. The predicted octanol–water partition coefficient (Wildman–Crippen LogP) is 2.71. The summed E-state index contributed by atoms with van der Waals surface area (Å²) in [4.78, 5) is 15.0. The zero-order chi connectivity index (χ0) is 16.0. The SMILES string of the molecule is CN(C)CCOc1cccc2c1C(=O)c1cccc3[nH]nc-2c13. The standard InChI is InChI=1S/C18H17N3O2/c1-21(2)9-10-23-14-8-4-5-11-16(14)18(22)12-6-3-7-13-15(12)17(11)20-19-13/h3-8H,9-10H2,1-2H3,(H,19,20). The average Bonchev–Trinajstić information content (AvgIpc) is 2.97. The van der Waals surface area contributed by atoms with E-state index in [1.807, 2.05) is 55.4 Å². The van der Waals surface area contributed by atoms with Gasteiger partial charge in [-0.05, 0) is 26.2 Å². The number of fused-ring (bicyclic) bond motifs is 2. The number of benzene rings is 2. The van der Waals surface area contributed by atoms with E-state index in [9.17, 15) is 4.79 Å². The van der Waals surface area contributed by atoms with Gasteiger partial charge in [0.1, 0.15) is 18.1 Å². The molecule has 0 saturated carbocycles. The summed E-state index contributed by atoms with van der Waals surface area (Å²) in [7, 11) is 3.98. The maximum Gasteiger partial charge on any atom is 0.198 e. The highest BCUT2D eigenvalue weighted by molar-refractivity contribution is 6.26. The number of aromatic amines is 1. The third kappa shape index (κ3) is 2.12. The number of ether oxygens (including phenoxy) is 1. The molecular weight excluding hydrogens is 290 g/mol. The van der Waals surface area contributed by atoms with Gasteiger partial charge in [0.05, 0.1) is 11.1 Å². The number of aromatic nitrogens is 2. The number of carbonyl (C=O) groups is 1. The van der Waals surface area contributed by atoms with Crippen LogP contribution < -0.4 is 4.74 Å². The van der Waals surface area contributed by atoms with Crippen molar-refractivity contribution < 1.29 is 9.53 Å². The van der Waals surface area contributed by atoms with Crippen LogP contribution in [0.1, 0.15) is 15.9 Å². The Kier molecular flexibility index (Phi) is 3.16. The van der Waals surface area contributed by atoms with Crippen LogP contribution in [-0.2, 0) is 0 Å². The first-order valence-electron chi connectivity index (χ1n) is 7.59. The van der Waals surface area contributed by atoms with Gasteiger partial charge in [0.15, 0.2) is 5.78 Å². The van der Waals surface area contributed by atoms with E-state index in [1.165, 1.54) is 0 Å². The fourth-order valence-electron chi connectivity index (χ4n) is 3.01. The van der Waals surface area contributed by atoms with Crippen LogP contribution in [-0.4, -0.2) is 48.1 Å². The first kappa shape index (κ1) is 14.0. The Hall–Kier alpha value is -2.66. The van der Waals surface area contributed by atoms with Gasteiger partial charge >= 0.3 is 0 Å². The van der Waals surface area contributed by atoms with E-state index in [4.69, 9.17) is 4.74 Å². The van der Waals surface area contributed by atoms with Crippen LogP contribution in [0, 0.1) is 0 Å². The summed E-state index contributed by atoms with van der Waals surface area (Å²) in [6.07, 6.45) is 0. The van der Waals surface area contributed by atoms with Crippen LogP contribution in [0.25, 0.3) is 22.2 Å². The van der Waals surface area contributed by atoms with E-state index in [0.29, 0.717) is 23.5 Å². The van der Waals surface area contributed by atoms with Crippen molar-refractivity contribution >= 4 is 16.7 Å². The predicted molar refractivity (Wildman–Crippen MR) is 89.0 cm³/mol. The molecule has 2 aromatic carbocycles. The quantitative estimate of drug-likeness (QED) is 0.630. The molecule has 0 bridgehead atoms. The fraction of sp³-hybridized carbons (Fsp3) is 0.222. The summed E-state index contributed by atoms with van der Waals surface area (Å²) in [5.41, 5.74) is 3.83. The van der Waals surface area contributed by atoms with Gasteiger partial charge < -0.3 is 9.64 Å². The van der Waals surface area contributed by atoms with Gasteiger partial charge in [0.2, 0.25) is 0 Å². The maximum atomic E-state index is 13.0. The van der Waals surface area contributed by atoms with E-state index in [-0.39, 0.29) is 5.78 Å². The molecular formula is C18H17N3O2. The molecule has 0 aliphatic heterocycles. The summed E-state index contributed by atoms with van der Waals surface area (Å²) in [6, 6.07) is 11.3. The molecule has 0 radical (unpaired) electrons. The number of nitrogens with zero attached hydrogens (tertiary/aromatic N) is 2. The second-order valence-electron chi connectivity index (χ2n) is 5.96.